The van der Waals surface area contributed by atoms with Crippen LogP contribution in [-0.4, -0.2) is 40.8 Å². The van der Waals surface area contributed by atoms with Crippen molar-refractivity contribution in [3.05, 3.63) is 48.0 Å². The van der Waals surface area contributed by atoms with Crippen molar-refractivity contribution in [2.75, 3.05) is 45.7 Å². The number of aromatic nitrogens is 1. The van der Waals surface area contributed by atoms with Crippen molar-refractivity contribution < 1.29 is 28.5 Å². The van der Waals surface area contributed by atoms with Gasteiger partial charge in [0.25, 0.3) is 0 Å². The Labute approximate surface area is 185 Å². The molecule has 0 aliphatic rings. The number of rotatable bonds is 9. The van der Waals surface area contributed by atoms with Crippen molar-refractivity contribution in [3.63, 3.8) is 0 Å². The second kappa shape index (κ2) is 10.9. The molecule has 0 saturated carbocycles. The van der Waals surface area contributed by atoms with E-state index in [1.165, 1.54) is 33.1 Å². The number of pyridine rings is 1. The molecule has 1 heterocycles. The van der Waals surface area contributed by atoms with Gasteiger partial charge in [-0.25, -0.2) is 0 Å². The largest absolute Gasteiger partial charge is 1.00 e. The van der Waals surface area contributed by atoms with Crippen LogP contribution >= 0.6 is 0 Å². The first kappa shape index (κ1) is 22.8. The third-order valence-corrected chi connectivity index (χ3v) is 4.96. The summed E-state index contributed by atoms with van der Waals surface area (Å²) in [5.74, 6) is 0. The number of nitrogens with zero attached hydrogens (tertiary/aromatic N) is 2. The number of hydrogen-bond donors (Lipinski definition) is 3. The standard InChI is InChI=1S/C22H32N5.HI/c1-24-16-17-5-6-18-14-19-7-8-20(26(2)3)15-22(19)27(21(18)13-17)12-4-10-25-11-9-23;/h5-8,13-15,24-25H,4,9-12,16,23H2,1-3H3;1H/q+1;/p-1. The molecule has 0 aliphatic heterocycles. The monoisotopic (exact) mass is 493 g/mol. The molecule has 0 amide bonds. The van der Waals surface area contributed by atoms with Gasteiger partial charge in [-0.05, 0) is 36.9 Å². The first-order valence-corrected chi connectivity index (χ1v) is 9.76. The maximum Gasteiger partial charge on any atom is 0.215 e. The Morgan fingerprint density at radius 1 is 0.964 bits per heavy atom. The van der Waals surface area contributed by atoms with E-state index in [1.807, 2.05) is 7.05 Å². The SMILES string of the molecule is CNCc1ccc2cc3ccc(N(C)C)cc3[n+](CCCNCCN)c2c1.[I-]. The molecule has 5 nitrogen and oxygen atoms in total. The number of nitrogens with one attached hydrogen (secondary N) is 2. The fraction of sp³-hybridized carbons (Fsp3) is 0.409. The summed E-state index contributed by atoms with van der Waals surface area (Å²) in [4.78, 5) is 2.16. The van der Waals surface area contributed by atoms with E-state index in [0.717, 1.165) is 32.6 Å². The first-order chi connectivity index (χ1) is 13.1. The van der Waals surface area contributed by atoms with Crippen molar-refractivity contribution in [1.82, 2.24) is 10.6 Å². The Hall–Kier alpha value is -1.48. The fourth-order valence-electron chi connectivity index (χ4n) is 3.55. The molecule has 3 aromatic rings. The van der Waals surface area contributed by atoms with Gasteiger partial charge in [-0.15, -0.1) is 0 Å². The zero-order valence-electron chi connectivity index (χ0n) is 17.1. The summed E-state index contributed by atoms with van der Waals surface area (Å²) in [6.07, 6.45) is 1.07. The van der Waals surface area contributed by atoms with Crippen molar-refractivity contribution in [2.24, 2.45) is 5.73 Å². The van der Waals surface area contributed by atoms with Crippen LogP contribution in [0.1, 0.15) is 12.0 Å². The molecule has 0 fully saturated rings. The summed E-state index contributed by atoms with van der Waals surface area (Å²) in [5, 5.41) is 9.23. The lowest BCUT2D eigenvalue weighted by atomic mass is 10.1. The third kappa shape index (κ3) is 5.31. The normalized spacial score (nSPS) is 11.0. The summed E-state index contributed by atoms with van der Waals surface area (Å²) in [7, 11) is 6.17. The molecule has 3 rings (SSSR count). The predicted octanol–water partition coefficient (Wildman–Crippen LogP) is -0.992. The smallest absolute Gasteiger partial charge is 0.215 e. The molecule has 6 heteroatoms. The van der Waals surface area contributed by atoms with Crippen LogP contribution in [0.3, 0.4) is 0 Å². The van der Waals surface area contributed by atoms with Crippen molar-refractivity contribution in [3.8, 4) is 0 Å². The summed E-state index contributed by atoms with van der Waals surface area (Å²) in [6, 6.07) is 15.8. The molecular formula is C22H32IN5. The first-order valence-electron chi connectivity index (χ1n) is 9.76. The fourth-order valence-corrected chi connectivity index (χ4v) is 3.55. The summed E-state index contributed by atoms with van der Waals surface area (Å²) < 4.78 is 2.47. The Morgan fingerprint density at radius 3 is 2.36 bits per heavy atom. The predicted molar refractivity (Wildman–Crippen MR) is 115 cm³/mol. The van der Waals surface area contributed by atoms with Gasteiger partial charge < -0.3 is 45.2 Å². The van der Waals surface area contributed by atoms with E-state index < -0.39 is 0 Å². The van der Waals surface area contributed by atoms with Gasteiger partial charge in [0.05, 0.1) is 0 Å². The van der Waals surface area contributed by atoms with Gasteiger partial charge >= 0.3 is 0 Å². The average Bonchev–Trinajstić information content (AvgIpc) is 2.67. The molecular weight excluding hydrogens is 461 g/mol. The van der Waals surface area contributed by atoms with Gasteiger partial charge in [-0.1, -0.05) is 6.07 Å². The highest BCUT2D eigenvalue weighted by Crippen LogP contribution is 2.23. The summed E-state index contributed by atoms with van der Waals surface area (Å²) in [5.41, 5.74) is 10.7. The van der Waals surface area contributed by atoms with Gasteiger partial charge in [-0.3, -0.25) is 0 Å². The lowest BCUT2D eigenvalue weighted by molar-refractivity contribution is -0.645. The Morgan fingerprint density at radius 2 is 1.68 bits per heavy atom. The van der Waals surface area contributed by atoms with Gasteiger partial charge in [0, 0.05) is 75.3 Å². The molecule has 0 aliphatic carbocycles. The van der Waals surface area contributed by atoms with Crippen LogP contribution < -0.4 is 49.8 Å². The molecule has 0 spiro atoms. The van der Waals surface area contributed by atoms with E-state index >= 15 is 0 Å². The average molecular weight is 493 g/mol. The topological polar surface area (TPSA) is 57.2 Å². The minimum atomic E-state index is 0. The number of benzene rings is 2. The second-order valence-corrected chi connectivity index (χ2v) is 7.25. The van der Waals surface area contributed by atoms with Gasteiger partial charge in [0.1, 0.15) is 0 Å². The lowest BCUT2D eigenvalue weighted by Crippen LogP contribution is -3.00. The molecule has 1 aromatic heterocycles. The highest BCUT2D eigenvalue weighted by atomic mass is 127. The Balaban J connectivity index is 0.00000280. The molecule has 0 unspecified atom stereocenters. The molecule has 152 valence electrons. The molecule has 0 bridgehead atoms. The van der Waals surface area contributed by atoms with E-state index in [2.05, 4.69) is 76.7 Å². The molecule has 4 N–H and O–H groups in total. The molecule has 0 saturated heterocycles. The van der Waals surface area contributed by atoms with Gasteiger partial charge in [0.2, 0.25) is 11.0 Å². The van der Waals surface area contributed by atoms with Crippen LogP contribution in [-0.2, 0) is 13.1 Å². The molecule has 0 atom stereocenters. The number of nitrogens with two attached hydrogens (primary N) is 1. The minimum absolute atomic E-state index is 0. The molecule has 0 radical (unpaired) electrons. The lowest BCUT2D eigenvalue weighted by Gasteiger charge is -2.14. The summed E-state index contributed by atoms with van der Waals surface area (Å²) in [6.45, 7) is 4.39. The van der Waals surface area contributed by atoms with E-state index in [4.69, 9.17) is 5.73 Å². The van der Waals surface area contributed by atoms with Crippen LogP contribution in [0.25, 0.3) is 21.8 Å². The van der Waals surface area contributed by atoms with Crippen molar-refractivity contribution in [1.29, 1.82) is 0 Å². The zero-order chi connectivity index (χ0) is 19.2. The maximum absolute atomic E-state index is 5.58. The van der Waals surface area contributed by atoms with Crippen molar-refractivity contribution in [2.45, 2.75) is 19.5 Å². The van der Waals surface area contributed by atoms with Gasteiger partial charge in [0.15, 0.2) is 6.54 Å². The number of halogens is 1. The van der Waals surface area contributed by atoms with Crippen LogP contribution in [0, 0.1) is 0 Å². The van der Waals surface area contributed by atoms with E-state index in [1.54, 1.807) is 0 Å². The third-order valence-electron chi connectivity index (χ3n) is 4.96. The van der Waals surface area contributed by atoms with Crippen LogP contribution in [0.4, 0.5) is 5.69 Å². The van der Waals surface area contributed by atoms with E-state index in [0.29, 0.717) is 6.54 Å². The second-order valence-electron chi connectivity index (χ2n) is 7.25. The number of fused-ring (bicyclic) bond motifs is 2. The zero-order valence-corrected chi connectivity index (χ0v) is 19.3. The van der Waals surface area contributed by atoms with Gasteiger partial charge in [-0.2, -0.15) is 4.57 Å². The quantitative estimate of drug-likeness (QED) is 0.155. The highest BCUT2D eigenvalue weighted by molar-refractivity contribution is 5.90. The van der Waals surface area contributed by atoms with Crippen LogP contribution in [0.15, 0.2) is 42.5 Å². The van der Waals surface area contributed by atoms with Crippen molar-refractivity contribution >= 4 is 27.5 Å². The minimum Gasteiger partial charge on any atom is -1.00 e. The maximum atomic E-state index is 5.58. The number of hydrogen-bond acceptors (Lipinski definition) is 4. The van der Waals surface area contributed by atoms with Crippen LogP contribution in [0.5, 0.6) is 0 Å². The van der Waals surface area contributed by atoms with E-state index in [9.17, 15) is 0 Å². The summed E-state index contributed by atoms with van der Waals surface area (Å²) >= 11 is 0. The van der Waals surface area contributed by atoms with E-state index in [-0.39, 0.29) is 24.0 Å². The number of aryl methyl sites for hydroxylation is 1. The highest BCUT2D eigenvalue weighted by Gasteiger charge is 2.16. The molecule has 28 heavy (non-hydrogen) atoms. The Kier molecular flexibility index (Phi) is 8.88. The Bertz CT molecular complexity index is 910. The number of anilines is 1. The van der Waals surface area contributed by atoms with Crippen LogP contribution in [0.2, 0.25) is 0 Å². The molecule has 2 aromatic carbocycles.